The van der Waals surface area contributed by atoms with Crippen LogP contribution in [0.5, 0.6) is 11.5 Å². The highest BCUT2D eigenvalue weighted by molar-refractivity contribution is 8.27. The number of aromatic hydroxyl groups is 1. The van der Waals surface area contributed by atoms with Crippen molar-refractivity contribution < 1.29 is 24.9 Å². The number of amides is 1. The van der Waals surface area contributed by atoms with Crippen molar-refractivity contribution in [2.24, 2.45) is 0 Å². The second-order valence-electron chi connectivity index (χ2n) is 5.55. The molecule has 0 aliphatic carbocycles. The number of hydrogen-bond acceptors (Lipinski definition) is 6. The molecular formula is C18H12NO5S2-. The maximum Gasteiger partial charge on any atom is 0.335 e. The fourth-order valence-corrected chi connectivity index (χ4v) is 3.72. The molecule has 0 bridgehead atoms. The van der Waals surface area contributed by atoms with Gasteiger partial charge in [-0.1, -0.05) is 47.9 Å². The maximum absolute atomic E-state index is 12.8. The number of thioether (sulfide) groups is 1. The van der Waals surface area contributed by atoms with Gasteiger partial charge >= 0.3 is 5.97 Å². The van der Waals surface area contributed by atoms with Gasteiger partial charge in [-0.05, 0) is 42.3 Å². The average molecular weight is 386 g/mol. The predicted octanol–water partition coefficient (Wildman–Crippen LogP) is 2.88. The normalized spacial score (nSPS) is 15.7. The fourth-order valence-electron chi connectivity index (χ4n) is 2.43. The number of anilines is 1. The van der Waals surface area contributed by atoms with Crippen LogP contribution in [0.25, 0.3) is 6.08 Å². The summed E-state index contributed by atoms with van der Waals surface area (Å²) in [5.74, 6) is -2.40. The zero-order valence-corrected chi connectivity index (χ0v) is 15.1. The number of carboxylic acids is 1. The standard InChI is InChI=1S/C18H13NO5S2/c1-9-2-4-11(17(23)24)8-12(9)19-16(22)15(26-18(19)25)7-10-3-5-13(20)14(21)6-10/h2-8,20-21H,1H3,(H,23,24)/p-1/b15-7-. The number of phenolic OH excluding ortho intramolecular Hbond substituents is 1. The first-order valence-electron chi connectivity index (χ1n) is 7.40. The van der Waals surface area contributed by atoms with Crippen molar-refractivity contribution in [1.82, 2.24) is 0 Å². The number of thiocarbonyl (C=S) groups is 1. The summed E-state index contributed by atoms with van der Waals surface area (Å²) in [5, 5.41) is 29.9. The third-order valence-corrected chi connectivity index (χ3v) is 5.07. The minimum absolute atomic E-state index is 0.0552. The van der Waals surface area contributed by atoms with Crippen molar-refractivity contribution >= 4 is 51.9 Å². The number of hydrogen-bond donors (Lipinski definition) is 2. The summed E-state index contributed by atoms with van der Waals surface area (Å²) < 4.78 is 0.275. The Balaban J connectivity index is 1.99. The highest BCUT2D eigenvalue weighted by Crippen LogP contribution is 2.38. The van der Waals surface area contributed by atoms with Gasteiger partial charge in [-0.2, -0.15) is 0 Å². The van der Waals surface area contributed by atoms with Crippen LogP contribution in [0, 0.1) is 6.92 Å². The van der Waals surface area contributed by atoms with Gasteiger partial charge in [0, 0.05) is 0 Å². The zero-order chi connectivity index (χ0) is 19.0. The van der Waals surface area contributed by atoms with Crippen LogP contribution >= 0.6 is 24.0 Å². The summed E-state index contributed by atoms with van der Waals surface area (Å²) in [4.78, 5) is 25.6. The molecule has 1 fully saturated rings. The lowest BCUT2D eigenvalue weighted by atomic mass is 10.1. The van der Waals surface area contributed by atoms with Crippen LogP contribution in [0.4, 0.5) is 5.69 Å². The lowest BCUT2D eigenvalue weighted by Crippen LogP contribution is -2.28. The van der Waals surface area contributed by atoms with Gasteiger partial charge in [0.2, 0.25) is 0 Å². The van der Waals surface area contributed by atoms with Crippen molar-refractivity contribution in [2.45, 2.75) is 6.92 Å². The number of carbonyl (C=O) groups is 2. The van der Waals surface area contributed by atoms with Gasteiger partial charge in [-0.15, -0.1) is 0 Å². The summed E-state index contributed by atoms with van der Waals surface area (Å²) >= 11 is 6.35. The largest absolute Gasteiger partial charge is 0.870 e. The number of aromatic carboxylic acids is 1. The monoisotopic (exact) mass is 386 g/mol. The van der Waals surface area contributed by atoms with Gasteiger partial charge in [-0.25, -0.2) is 4.79 Å². The third kappa shape index (κ3) is 3.29. The van der Waals surface area contributed by atoms with E-state index in [1.165, 1.54) is 41.3 Å². The maximum atomic E-state index is 12.8. The van der Waals surface area contributed by atoms with Crippen molar-refractivity contribution in [2.75, 3.05) is 4.90 Å². The van der Waals surface area contributed by atoms with Crippen molar-refractivity contribution in [1.29, 1.82) is 0 Å². The smallest absolute Gasteiger partial charge is 0.335 e. The van der Waals surface area contributed by atoms with Gasteiger partial charge < -0.3 is 15.3 Å². The zero-order valence-electron chi connectivity index (χ0n) is 13.4. The molecule has 2 aromatic rings. The van der Waals surface area contributed by atoms with E-state index < -0.39 is 23.4 Å². The molecule has 0 saturated carbocycles. The second kappa shape index (κ2) is 6.81. The van der Waals surface area contributed by atoms with E-state index in [1.807, 2.05) is 0 Å². The van der Waals surface area contributed by atoms with Gasteiger partial charge in [0.05, 0.1) is 16.2 Å². The Labute approximate surface area is 158 Å². The van der Waals surface area contributed by atoms with Crippen LogP contribution in [0.15, 0.2) is 41.3 Å². The third-order valence-electron chi connectivity index (χ3n) is 3.77. The van der Waals surface area contributed by atoms with Gasteiger partial charge in [-0.3, -0.25) is 9.69 Å². The molecule has 6 nitrogen and oxygen atoms in total. The molecule has 1 aliphatic rings. The number of phenols is 1. The van der Waals surface area contributed by atoms with Crippen LogP contribution in [0.2, 0.25) is 0 Å². The van der Waals surface area contributed by atoms with Gasteiger partial charge in [0.15, 0.2) is 4.32 Å². The first-order valence-corrected chi connectivity index (χ1v) is 8.62. The first kappa shape index (κ1) is 18.0. The van der Waals surface area contributed by atoms with Crippen molar-refractivity contribution in [3.05, 3.63) is 58.0 Å². The quantitative estimate of drug-likeness (QED) is 0.618. The number of aryl methyl sites for hydroxylation is 1. The summed E-state index contributed by atoms with van der Waals surface area (Å²) in [6.07, 6.45) is 1.52. The molecule has 0 aromatic heterocycles. The molecule has 1 amide bonds. The Morgan fingerprint density at radius 2 is 2.00 bits per heavy atom. The summed E-state index contributed by atoms with van der Waals surface area (Å²) in [5.41, 5.74) is 1.66. The minimum Gasteiger partial charge on any atom is -0.870 e. The molecule has 3 rings (SSSR count). The molecule has 0 atom stereocenters. The fraction of sp³-hybridized carbons (Fsp3) is 0.0556. The van der Waals surface area contributed by atoms with E-state index in [0.29, 0.717) is 21.7 Å². The van der Waals surface area contributed by atoms with E-state index in [0.717, 1.165) is 11.8 Å². The molecule has 0 spiro atoms. The van der Waals surface area contributed by atoms with Gasteiger partial charge in [0.1, 0.15) is 5.75 Å². The van der Waals surface area contributed by atoms with Crippen LogP contribution in [-0.2, 0) is 4.79 Å². The first-order chi connectivity index (χ1) is 12.3. The molecule has 8 heteroatoms. The number of rotatable bonds is 3. The molecule has 132 valence electrons. The Bertz CT molecular complexity index is 984. The SMILES string of the molecule is Cc1ccc(C(=O)O)cc1N1C(=O)/C(=C/c2ccc([O-])c(O)c2)SC1=S. The molecule has 2 aromatic carbocycles. The predicted molar refractivity (Wildman–Crippen MR) is 101 cm³/mol. The number of nitrogens with zero attached hydrogens (tertiary/aromatic N) is 1. The number of carbonyl (C=O) groups excluding carboxylic acids is 1. The van der Waals surface area contributed by atoms with Crippen LogP contribution < -0.4 is 10.0 Å². The molecule has 1 heterocycles. The number of benzene rings is 2. The van der Waals surface area contributed by atoms with Crippen molar-refractivity contribution in [3.63, 3.8) is 0 Å². The van der Waals surface area contributed by atoms with E-state index in [2.05, 4.69) is 0 Å². The van der Waals surface area contributed by atoms with Crippen LogP contribution in [0.1, 0.15) is 21.5 Å². The summed E-state index contributed by atoms with van der Waals surface area (Å²) in [7, 11) is 0. The Morgan fingerprint density at radius 3 is 2.65 bits per heavy atom. The Hall–Kier alpha value is -2.84. The van der Waals surface area contributed by atoms with Crippen molar-refractivity contribution in [3.8, 4) is 11.5 Å². The van der Waals surface area contributed by atoms with E-state index in [9.17, 15) is 19.8 Å². The van der Waals surface area contributed by atoms with E-state index in [1.54, 1.807) is 13.0 Å². The highest BCUT2D eigenvalue weighted by atomic mass is 32.2. The molecule has 2 N–H and O–H groups in total. The lowest BCUT2D eigenvalue weighted by Gasteiger charge is -2.17. The number of carboxylic acid groups (broad SMARTS) is 1. The van der Waals surface area contributed by atoms with E-state index in [4.69, 9.17) is 17.3 Å². The molecule has 0 unspecified atom stereocenters. The molecule has 0 radical (unpaired) electrons. The molecule has 1 saturated heterocycles. The molecule has 1 aliphatic heterocycles. The average Bonchev–Trinajstić information content (AvgIpc) is 2.85. The molecular weight excluding hydrogens is 374 g/mol. The summed E-state index contributed by atoms with van der Waals surface area (Å²) in [6.45, 7) is 1.76. The minimum atomic E-state index is -1.10. The Kier molecular flexibility index (Phi) is 4.71. The second-order valence-corrected chi connectivity index (χ2v) is 7.23. The van der Waals surface area contributed by atoms with Crippen LogP contribution in [0.3, 0.4) is 0 Å². The summed E-state index contributed by atoms with van der Waals surface area (Å²) in [6, 6.07) is 8.45. The Morgan fingerprint density at radius 1 is 1.27 bits per heavy atom. The van der Waals surface area contributed by atoms with Gasteiger partial charge in [0.25, 0.3) is 5.91 Å². The van der Waals surface area contributed by atoms with Crippen LogP contribution in [-0.4, -0.2) is 26.4 Å². The van der Waals surface area contributed by atoms with E-state index >= 15 is 0 Å². The lowest BCUT2D eigenvalue weighted by molar-refractivity contribution is -0.270. The molecule has 26 heavy (non-hydrogen) atoms. The topological polar surface area (TPSA) is 101 Å². The van der Waals surface area contributed by atoms with E-state index in [-0.39, 0.29) is 9.88 Å². The highest BCUT2D eigenvalue weighted by Gasteiger charge is 2.34.